The molecule has 1 aromatic heterocycles. The Hall–Kier alpha value is -2.56. The summed E-state index contributed by atoms with van der Waals surface area (Å²) >= 11 is 0. The average molecular weight is 298 g/mol. The van der Waals surface area contributed by atoms with Crippen LogP contribution in [-0.4, -0.2) is 18.4 Å². The second-order valence-corrected chi connectivity index (χ2v) is 5.54. The van der Waals surface area contributed by atoms with Crippen LogP contribution in [0.2, 0.25) is 0 Å². The summed E-state index contributed by atoms with van der Waals surface area (Å²) in [4.78, 5) is 26.0. The first-order chi connectivity index (χ1) is 10.6. The second-order valence-electron chi connectivity index (χ2n) is 5.54. The van der Waals surface area contributed by atoms with Crippen LogP contribution < -0.4 is 10.2 Å². The van der Waals surface area contributed by atoms with Gasteiger partial charge >= 0.3 is 0 Å². The highest BCUT2D eigenvalue weighted by atomic mass is 16.3. The van der Waals surface area contributed by atoms with Gasteiger partial charge in [-0.3, -0.25) is 9.59 Å². The first kappa shape index (κ1) is 14.4. The number of furan rings is 1. The summed E-state index contributed by atoms with van der Waals surface area (Å²) in [5, 5.41) is 2.82. The van der Waals surface area contributed by atoms with Crippen molar-refractivity contribution in [2.75, 3.05) is 11.4 Å². The SMILES string of the molecule is Cc1cccc(N2C[C@H](C(=O)NCc3ccco3)CC2=O)c1. The Morgan fingerprint density at radius 2 is 2.23 bits per heavy atom. The normalized spacial score (nSPS) is 17.8. The highest BCUT2D eigenvalue weighted by Gasteiger charge is 2.35. The van der Waals surface area contributed by atoms with Crippen molar-refractivity contribution in [2.45, 2.75) is 19.9 Å². The molecule has 1 aliphatic rings. The minimum Gasteiger partial charge on any atom is -0.467 e. The molecular weight excluding hydrogens is 280 g/mol. The third kappa shape index (κ3) is 3.03. The van der Waals surface area contributed by atoms with Crippen molar-refractivity contribution < 1.29 is 14.0 Å². The Balaban J connectivity index is 1.62. The molecule has 1 aliphatic heterocycles. The van der Waals surface area contributed by atoms with E-state index in [0.29, 0.717) is 18.8 Å². The molecule has 0 saturated carbocycles. The number of hydrogen-bond donors (Lipinski definition) is 1. The van der Waals surface area contributed by atoms with E-state index >= 15 is 0 Å². The van der Waals surface area contributed by atoms with Crippen LogP contribution in [0.3, 0.4) is 0 Å². The number of anilines is 1. The minimum atomic E-state index is -0.317. The molecule has 0 radical (unpaired) electrons. The van der Waals surface area contributed by atoms with Crippen LogP contribution in [0, 0.1) is 12.8 Å². The molecule has 0 bridgehead atoms. The number of nitrogens with one attached hydrogen (secondary N) is 1. The summed E-state index contributed by atoms with van der Waals surface area (Å²) in [5.41, 5.74) is 1.95. The van der Waals surface area contributed by atoms with Crippen LogP contribution in [0.25, 0.3) is 0 Å². The number of carbonyl (C=O) groups excluding carboxylic acids is 2. The molecule has 0 unspecified atom stereocenters. The number of aryl methyl sites for hydroxylation is 1. The van der Waals surface area contributed by atoms with Crippen LogP contribution in [0.4, 0.5) is 5.69 Å². The fraction of sp³-hybridized carbons (Fsp3) is 0.294. The monoisotopic (exact) mass is 298 g/mol. The number of hydrogen-bond acceptors (Lipinski definition) is 3. The van der Waals surface area contributed by atoms with Gasteiger partial charge in [-0.05, 0) is 36.8 Å². The predicted octanol–water partition coefficient (Wildman–Crippen LogP) is 2.26. The zero-order valence-electron chi connectivity index (χ0n) is 12.4. The van der Waals surface area contributed by atoms with Gasteiger partial charge in [0.1, 0.15) is 5.76 Å². The molecule has 3 rings (SSSR count). The zero-order valence-corrected chi connectivity index (χ0v) is 12.4. The summed E-state index contributed by atoms with van der Waals surface area (Å²) in [5.74, 6) is 0.264. The van der Waals surface area contributed by atoms with Crippen molar-refractivity contribution in [3.63, 3.8) is 0 Å². The maximum atomic E-state index is 12.2. The zero-order chi connectivity index (χ0) is 15.5. The molecule has 1 N–H and O–H groups in total. The Morgan fingerprint density at radius 3 is 2.95 bits per heavy atom. The number of carbonyl (C=O) groups is 2. The van der Waals surface area contributed by atoms with E-state index in [2.05, 4.69) is 5.32 Å². The van der Waals surface area contributed by atoms with Crippen molar-refractivity contribution in [3.8, 4) is 0 Å². The molecule has 2 aromatic rings. The maximum Gasteiger partial charge on any atom is 0.227 e. The minimum absolute atomic E-state index is 0.0104. The van der Waals surface area contributed by atoms with Crippen LogP contribution >= 0.6 is 0 Å². The van der Waals surface area contributed by atoms with Crippen LogP contribution in [0.15, 0.2) is 47.1 Å². The Labute approximate surface area is 128 Å². The van der Waals surface area contributed by atoms with E-state index in [1.807, 2.05) is 31.2 Å². The molecule has 2 heterocycles. The van der Waals surface area contributed by atoms with E-state index in [0.717, 1.165) is 11.3 Å². The summed E-state index contributed by atoms with van der Waals surface area (Å²) < 4.78 is 5.18. The first-order valence-corrected chi connectivity index (χ1v) is 7.30. The van der Waals surface area contributed by atoms with E-state index in [9.17, 15) is 9.59 Å². The van der Waals surface area contributed by atoms with E-state index < -0.39 is 0 Å². The summed E-state index contributed by atoms with van der Waals surface area (Å²) in [6, 6.07) is 11.3. The lowest BCUT2D eigenvalue weighted by Crippen LogP contribution is -2.32. The van der Waals surface area contributed by atoms with Gasteiger partial charge in [0, 0.05) is 18.7 Å². The maximum absolute atomic E-state index is 12.2. The van der Waals surface area contributed by atoms with Gasteiger partial charge in [-0.15, -0.1) is 0 Å². The van der Waals surface area contributed by atoms with Gasteiger partial charge < -0.3 is 14.6 Å². The van der Waals surface area contributed by atoms with Crippen molar-refractivity contribution >= 4 is 17.5 Å². The number of benzene rings is 1. The van der Waals surface area contributed by atoms with E-state index in [4.69, 9.17) is 4.42 Å². The summed E-state index contributed by atoms with van der Waals surface area (Å²) in [7, 11) is 0. The molecule has 2 amide bonds. The van der Waals surface area contributed by atoms with Crippen molar-refractivity contribution in [2.24, 2.45) is 5.92 Å². The molecular formula is C17H18N2O3. The van der Waals surface area contributed by atoms with Gasteiger partial charge in [0.05, 0.1) is 18.7 Å². The smallest absolute Gasteiger partial charge is 0.227 e. The molecule has 1 fully saturated rings. The summed E-state index contributed by atoms with van der Waals surface area (Å²) in [6.45, 7) is 2.75. The van der Waals surface area contributed by atoms with E-state index in [-0.39, 0.29) is 24.2 Å². The third-order valence-corrected chi connectivity index (χ3v) is 3.83. The Bertz CT molecular complexity index is 679. The molecule has 5 nitrogen and oxygen atoms in total. The van der Waals surface area contributed by atoms with Crippen LogP contribution in [-0.2, 0) is 16.1 Å². The predicted molar refractivity (Wildman–Crippen MR) is 82.2 cm³/mol. The van der Waals surface area contributed by atoms with Crippen LogP contribution in [0.1, 0.15) is 17.7 Å². The van der Waals surface area contributed by atoms with E-state index in [1.54, 1.807) is 23.3 Å². The average Bonchev–Trinajstić information content (AvgIpc) is 3.14. The third-order valence-electron chi connectivity index (χ3n) is 3.83. The molecule has 1 atom stereocenters. The molecule has 22 heavy (non-hydrogen) atoms. The fourth-order valence-electron chi connectivity index (χ4n) is 2.66. The Morgan fingerprint density at radius 1 is 1.36 bits per heavy atom. The molecule has 5 heteroatoms. The second kappa shape index (κ2) is 6.05. The van der Waals surface area contributed by atoms with Crippen molar-refractivity contribution in [1.29, 1.82) is 0 Å². The van der Waals surface area contributed by atoms with Gasteiger partial charge in [0.15, 0.2) is 0 Å². The largest absolute Gasteiger partial charge is 0.467 e. The van der Waals surface area contributed by atoms with E-state index in [1.165, 1.54) is 0 Å². The van der Waals surface area contributed by atoms with Gasteiger partial charge in [0.25, 0.3) is 0 Å². The van der Waals surface area contributed by atoms with Crippen LogP contribution in [0.5, 0.6) is 0 Å². The highest BCUT2D eigenvalue weighted by molar-refractivity contribution is 6.00. The molecule has 114 valence electrons. The first-order valence-electron chi connectivity index (χ1n) is 7.30. The quantitative estimate of drug-likeness (QED) is 0.941. The molecule has 0 aliphatic carbocycles. The lowest BCUT2D eigenvalue weighted by atomic mass is 10.1. The van der Waals surface area contributed by atoms with Gasteiger partial charge in [-0.2, -0.15) is 0 Å². The van der Waals surface area contributed by atoms with Crippen molar-refractivity contribution in [1.82, 2.24) is 5.32 Å². The Kier molecular flexibility index (Phi) is 3.96. The van der Waals surface area contributed by atoms with Gasteiger partial charge in [-0.25, -0.2) is 0 Å². The highest BCUT2D eigenvalue weighted by Crippen LogP contribution is 2.25. The topological polar surface area (TPSA) is 62.6 Å². The fourth-order valence-corrected chi connectivity index (χ4v) is 2.66. The molecule has 1 aromatic carbocycles. The van der Waals surface area contributed by atoms with Gasteiger partial charge in [-0.1, -0.05) is 12.1 Å². The number of rotatable bonds is 4. The number of nitrogens with zero attached hydrogens (tertiary/aromatic N) is 1. The van der Waals surface area contributed by atoms with Crippen molar-refractivity contribution in [3.05, 3.63) is 54.0 Å². The number of amides is 2. The lowest BCUT2D eigenvalue weighted by Gasteiger charge is -2.17. The standard InChI is InChI=1S/C17H18N2O3/c1-12-4-2-5-14(8-12)19-11-13(9-16(19)20)17(21)18-10-15-6-3-7-22-15/h2-8,13H,9-11H2,1H3,(H,18,21)/t13-/m1/s1. The van der Waals surface area contributed by atoms with Gasteiger partial charge in [0.2, 0.25) is 11.8 Å². The lowest BCUT2D eigenvalue weighted by molar-refractivity contribution is -0.126. The molecule has 1 saturated heterocycles. The molecule has 0 spiro atoms. The summed E-state index contributed by atoms with van der Waals surface area (Å²) in [6.07, 6.45) is 1.82.